The molecule has 30 heavy (non-hydrogen) atoms. The van der Waals surface area contributed by atoms with Crippen LogP contribution in [0.25, 0.3) is 0 Å². The van der Waals surface area contributed by atoms with Gasteiger partial charge in [-0.2, -0.15) is 0 Å². The van der Waals surface area contributed by atoms with Crippen molar-refractivity contribution < 1.29 is 0 Å². The molecular formula is C27H46N3+. The van der Waals surface area contributed by atoms with Crippen LogP contribution in [-0.4, -0.2) is 6.04 Å². The van der Waals surface area contributed by atoms with Gasteiger partial charge in [0, 0.05) is 0 Å². The molecular weight excluding hydrogens is 366 g/mol. The van der Waals surface area contributed by atoms with Crippen molar-refractivity contribution in [3.8, 4) is 0 Å². The summed E-state index contributed by atoms with van der Waals surface area (Å²) in [5.74, 6) is 5.41. The van der Waals surface area contributed by atoms with Crippen LogP contribution in [0.4, 0.5) is 0 Å². The van der Waals surface area contributed by atoms with E-state index in [1.807, 2.05) is 0 Å². The van der Waals surface area contributed by atoms with Gasteiger partial charge in [-0.05, 0) is 97.7 Å². The fourth-order valence-electron chi connectivity index (χ4n) is 8.85. The fraction of sp³-hybridized carbons (Fsp3) is 0.926. The molecule has 168 valence electrons. The summed E-state index contributed by atoms with van der Waals surface area (Å²) < 4.78 is 0. The molecule has 0 aromatic rings. The van der Waals surface area contributed by atoms with Crippen LogP contribution < -0.4 is 4.91 Å². The van der Waals surface area contributed by atoms with Gasteiger partial charge in [0.15, 0.2) is 0 Å². The summed E-state index contributed by atoms with van der Waals surface area (Å²) in [5, 5.41) is 4.19. The number of rotatable bonds is 6. The van der Waals surface area contributed by atoms with E-state index in [2.05, 4.69) is 50.7 Å². The van der Waals surface area contributed by atoms with Crippen molar-refractivity contribution in [2.45, 2.75) is 111 Å². The highest BCUT2D eigenvalue weighted by Gasteiger charge is 2.59. The molecule has 3 nitrogen and oxygen atoms in total. The molecule has 0 aromatic carbocycles. The normalized spacial score (nSPS) is 43.8. The van der Waals surface area contributed by atoms with Gasteiger partial charge in [0.2, 0.25) is 4.91 Å². The second-order valence-corrected chi connectivity index (χ2v) is 12.4. The molecule has 4 unspecified atom stereocenters. The predicted octanol–water partition coefficient (Wildman–Crippen LogP) is 7.95. The minimum absolute atomic E-state index is 0.259. The molecule has 0 heterocycles. The summed E-state index contributed by atoms with van der Waals surface area (Å²) >= 11 is 0. The van der Waals surface area contributed by atoms with Gasteiger partial charge in [-0.1, -0.05) is 65.5 Å². The minimum Gasteiger partial charge on any atom is -0.0844 e. The molecule has 8 atom stereocenters. The Balaban J connectivity index is 1.49. The molecule has 1 N–H and O–H groups in total. The summed E-state index contributed by atoms with van der Waals surface area (Å²) in [5.41, 5.74) is 9.75. The maximum Gasteiger partial charge on any atom is 0.214 e. The third-order valence-corrected chi connectivity index (χ3v) is 10.5. The Morgan fingerprint density at radius 1 is 1.07 bits per heavy atom. The van der Waals surface area contributed by atoms with E-state index in [0.717, 1.165) is 48.3 Å². The topological polar surface area (TPSA) is 50.3 Å². The van der Waals surface area contributed by atoms with E-state index in [1.54, 1.807) is 5.57 Å². The standard InChI is InChI=1S/C27H46N3/c1-18(2)7-6-8-19(3)23-11-12-24-22-10-9-20-17-21(29-30-28)13-15-26(20,4)25(22)14-16-27(23,24)5/h9,18-19,21-25,28H,6-8,10-17H2,1-5H3/q+1/t19-,21+,22-,23?,24+,25?,26?,27?/m1/s1. The Labute approximate surface area is 185 Å². The molecule has 0 amide bonds. The van der Waals surface area contributed by atoms with Crippen LogP contribution in [-0.2, 0) is 0 Å². The van der Waals surface area contributed by atoms with Gasteiger partial charge in [-0.25, -0.2) is 0 Å². The molecule has 0 aromatic heterocycles. The Kier molecular flexibility index (Phi) is 6.33. The lowest BCUT2D eigenvalue weighted by Gasteiger charge is -2.58. The maximum atomic E-state index is 7.12. The number of fused-ring (bicyclic) bond motifs is 5. The first-order valence-corrected chi connectivity index (χ1v) is 13.1. The van der Waals surface area contributed by atoms with Crippen LogP contribution in [0.3, 0.4) is 0 Å². The number of nitrogens with zero attached hydrogens (tertiary/aromatic N) is 2. The number of hydrogen-bond acceptors (Lipinski definition) is 2. The molecule has 0 bridgehead atoms. The van der Waals surface area contributed by atoms with Crippen molar-refractivity contribution >= 4 is 0 Å². The summed E-state index contributed by atoms with van der Waals surface area (Å²) in [4.78, 5) is 3.36. The quantitative estimate of drug-likeness (QED) is 0.261. The van der Waals surface area contributed by atoms with E-state index in [9.17, 15) is 0 Å². The van der Waals surface area contributed by atoms with Gasteiger partial charge in [-0.3, -0.25) is 0 Å². The van der Waals surface area contributed by atoms with Crippen molar-refractivity contribution in [2.24, 2.45) is 51.5 Å². The van der Waals surface area contributed by atoms with Crippen LogP contribution in [0.1, 0.15) is 105 Å². The van der Waals surface area contributed by atoms with E-state index >= 15 is 0 Å². The van der Waals surface area contributed by atoms with Gasteiger partial charge in [0.1, 0.15) is 16.7 Å². The Hall–Kier alpha value is -0.950. The number of allylic oxidation sites excluding steroid dienone is 1. The Morgan fingerprint density at radius 3 is 2.60 bits per heavy atom. The summed E-state index contributed by atoms with van der Waals surface area (Å²) in [6, 6.07) is 0.259. The van der Waals surface area contributed by atoms with Crippen LogP contribution in [0.2, 0.25) is 0 Å². The third-order valence-electron chi connectivity index (χ3n) is 10.5. The first-order valence-electron chi connectivity index (χ1n) is 13.1. The highest BCUT2D eigenvalue weighted by atomic mass is 15.1. The molecule has 0 aliphatic heterocycles. The van der Waals surface area contributed by atoms with Gasteiger partial charge in [0.25, 0.3) is 0 Å². The summed E-state index contributed by atoms with van der Waals surface area (Å²) in [6.07, 6.45) is 17.5. The average Bonchev–Trinajstić information content (AvgIpc) is 3.05. The van der Waals surface area contributed by atoms with Crippen LogP contribution in [0.5, 0.6) is 0 Å². The SMILES string of the molecule is CC(C)CCC[C@@H](C)C1CC[C@H]2[C@H]3CC=C4C[C@@H](N=[N+]=N)CCC4(C)C3CCC12C. The molecule has 0 saturated heterocycles. The second-order valence-electron chi connectivity index (χ2n) is 12.4. The van der Waals surface area contributed by atoms with Crippen LogP contribution in [0.15, 0.2) is 16.8 Å². The second kappa shape index (κ2) is 8.53. The van der Waals surface area contributed by atoms with Gasteiger partial charge in [0.05, 0.1) is 0 Å². The van der Waals surface area contributed by atoms with Gasteiger partial charge in [-0.15, -0.1) is 0 Å². The smallest absolute Gasteiger partial charge is 0.0844 e. The van der Waals surface area contributed by atoms with Crippen molar-refractivity contribution in [3.05, 3.63) is 11.6 Å². The lowest BCUT2D eigenvalue weighted by atomic mass is 9.47. The molecule has 3 heteroatoms. The van der Waals surface area contributed by atoms with E-state index in [0.29, 0.717) is 10.8 Å². The summed E-state index contributed by atoms with van der Waals surface area (Å²) in [6.45, 7) is 12.6. The van der Waals surface area contributed by atoms with Crippen LogP contribution in [0, 0.1) is 51.9 Å². The van der Waals surface area contributed by atoms with Crippen molar-refractivity contribution in [3.63, 3.8) is 0 Å². The van der Waals surface area contributed by atoms with E-state index in [-0.39, 0.29) is 6.04 Å². The largest absolute Gasteiger partial charge is 0.214 e. The molecule has 4 rings (SSSR count). The first kappa shape index (κ1) is 22.3. The number of nitrogens with one attached hydrogen (secondary N) is 1. The van der Waals surface area contributed by atoms with E-state index in [4.69, 9.17) is 5.53 Å². The average molecular weight is 413 g/mol. The maximum absolute atomic E-state index is 7.12. The van der Waals surface area contributed by atoms with Gasteiger partial charge < -0.3 is 0 Å². The predicted molar refractivity (Wildman–Crippen MR) is 124 cm³/mol. The molecule has 3 fully saturated rings. The lowest BCUT2D eigenvalue weighted by molar-refractivity contribution is -0.0509. The Bertz CT molecular complexity index is 705. The molecule has 4 aliphatic carbocycles. The zero-order valence-electron chi connectivity index (χ0n) is 20.3. The lowest BCUT2D eigenvalue weighted by Crippen LogP contribution is -2.50. The molecule has 0 radical (unpaired) electrons. The number of hydrogen-bond donors (Lipinski definition) is 1. The third kappa shape index (κ3) is 3.74. The zero-order chi connectivity index (χ0) is 21.5. The molecule has 4 aliphatic rings. The van der Waals surface area contributed by atoms with Gasteiger partial charge >= 0.3 is 0 Å². The van der Waals surface area contributed by atoms with Crippen molar-refractivity contribution in [2.75, 3.05) is 0 Å². The molecule has 0 spiro atoms. The highest BCUT2D eigenvalue weighted by Crippen LogP contribution is 2.67. The van der Waals surface area contributed by atoms with E-state index < -0.39 is 0 Å². The fourth-order valence-corrected chi connectivity index (χ4v) is 8.85. The first-order chi connectivity index (χ1) is 14.3. The molecule has 3 saturated carbocycles. The minimum atomic E-state index is 0.259. The van der Waals surface area contributed by atoms with Crippen molar-refractivity contribution in [1.82, 2.24) is 4.91 Å². The van der Waals surface area contributed by atoms with Crippen LogP contribution >= 0.6 is 0 Å². The van der Waals surface area contributed by atoms with Crippen molar-refractivity contribution in [1.29, 1.82) is 5.53 Å². The summed E-state index contributed by atoms with van der Waals surface area (Å²) in [7, 11) is 0. The Morgan fingerprint density at radius 2 is 1.87 bits per heavy atom. The monoisotopic (exact) mass is 412 g/mol. The van der Waals surface area contributed by atoms with E-state index in [1.165, 1.54) is 57.8 Å². The highest BCUT2D eigenvalue weighted by molar-refractivity contribution is 5.25. The zero-order valence-corrected chi connectivity index (χ0v) is 20.3.